The molecule has 0 saturated heterocycles. The Kier molecular flexibility index (Phi) is 4.88. The Morgan fingerprint density at radius 1 is 1.38 bits per heavy atom. The van der Waals surface area contributed by atoms with Gasteiger partial charge in [0.15, 0.2) is 0 Å². The van der Waals surface area contributed by atoms with Crippen LogP contribution in [0.15, 0.2) is 24.3 Å². The maximum Gasteiger partial charge on any atom is 0.410 e. The van der Waals surface area contributed by atoms with Crippen molar-refractivity contribution in [1.82, 2.24) is 4.90 Å². The summed E-state index contributed by atoms with van der Waals surface area (Å²) in [6.07, 6.45) is 2.02. The van der Waals surface area contributed by atoms with Crippen LogP contribution >= 0.6 is 0 Å². The fourth-order valence-corrected chi connectivity index (χ4v) is 2.79. The van der Waals surface area contributed by atoms with Crippen molar-refractivity contribution in [2.24, 2.45) is 0 Å². The zero-order valence-electron chi connectivity index (χ0n) is 13.1. The highest BCUT2D eigenvalue weighted by Crippen LogP contribution is 2.34. The number of hydrogen-bond donors (Lipinski definition) is 1. The molecule has 1 heterocycles. The third kappa shape index (κ3) is 3.97. The van der Waals surface area contributed by atoms with E-state index in [4.69, 9.17) is 9.84 Å². The smallest absolute Gasteiger partial charge is 0.410 e. The number of aliphatic hydroxyl groups excluding tert-OH is 1. The summed E-state index contributed by atoms with van der Waals surface area (Å²) in [5.41, 5.74) is 1.98. The lowest BCUT2D eigenvalue weighted by Crippen LogP contribution is -2.43. The van der Waals surface area contributed by atoms with E-state index in [1.54, 1.807) is 0 Å². The molecule has 21 heavy (non-hydrogen) atoms. The molecule has 1 aromatic carbocycles. The first-order chi connectivity index (χ1) is 9.92. The molecule has 1 aromatic rings. The standard InChI is InChI=1S/C17H25NO3/c1-17(2,3)21-16(20)18-11-10-13-7-4-5-8-14(13)15(18)9-6-12-19/h4-5,7-8,15,19H,6,9-12H2,1-3H3/t15-/m1/s1. The summed E-state index contributed by atoms with van der Waals surface area (Å²) in [6, 6.07) is 8.23. The number of amides is 1. The van der Waals surface area contributed by atoms with Gasteiger partial charge in [0.25, 0.3) is 0 Å². The minimum absolute atomic E-state index is 0.00282. The molecular formula is C17H25NO3. The zero-order valence-corrected chi connectivity index (χ0v) is 13.1. The topological polar surface area (TPSA) is 49.8 Å². The van der Waals surface area contributed by atoms with Crippen LogP contribution < -0.4 is 0 Å². The summed E-state index contributed by atoms with van der Waals surface area (Å²) in [7, 11) is 0. The molecule has 0 bridgehead atoms. The molecule has 1 atom stereocenters. The molecule has 1 N–H and O–H groups in total. The maximum absolute atomic E-state index is 12.4. The second-order valence-corrected chi connectivity index (χ2v) is 6.50. The lowest BCUT2D eigenvalue weighted by molar-refractivity contribution is 0.0125. The summed E-state index contributed by atoms with van der Waals surface area (Å²) >= 11 is 0. The fourth-order valence-electron chi connectivity index (χ4n) is 2.79. The average Bonchev–Trinajstić information content (AvgIpc) is 2.42. The summed E-state index contributed by atoms with van der Waals surface area (Å²) in [5, 5.41) is 9.12. The van der Waals surface area contributed by atoms with Gasteiger partial charge in [-0.1, -0.05) is 24.3 Å². The Bertz CT molecular complexity index is 493. The molecule has 0 saturated carbocycles. The zero-order chi connectivity index (χ0) is 15.5. The number of ether oxygens (including phenoxy) is 1. The number of hydrogen-bond acceptors (Lipinski definition) is 3. The van der Waals surface area contributed by atoms with Gasteiger partial charge in [-0.3, -0.25) is 0 Å². The first-order valence-electron chi connectivity index (χ1n) is 7.60. The number of benzene rings is 1. The van der Waals surface area contributed by atoms with E-state index < -0.39 is 5.60 Å². The normalized spacial score (nSPS) is 18.3. The van der Waals surface area contributed by atoms with E-state index in [-0.39, 0.29) is 18.7 Å². The summed E-state index contributed by atoms with van der Waals surface area (Å²) in [6.45, 7) is 6.45. The van der Waals surface area contributed by atoms with Crippen molar-refractivity contribution in [2.45, 2.75) is 51.7 Å². The number of nitrogens with zero attached hydrogens (tertiary/aromatic N) is 1. The molecule has 1 aliphatic heterocycles. The van der Waals surface area contributed by atoms with Gasteiger partial charge in [-0.25, -0.2) is 4.79 Å². The quantitative estimate of drug-likeness (QED) is 0.929. The van der Waals surface area contributed by atoms with Gasteiger partial charge in [-0.15, -0.1) is 0 Å². The first-order valence-corrected chi connectivity index (χ1v) is 7.60. The highest BCUT2D eigenvalue weighted by Gasteiger charge is 2.32. The van der Waals surface area contributed by atoms with Crippen molar-refractivity contribution in [3.8, 4) is 0 Å². The molecule has 1 amide bonds. The van der Waals surface area contributed by atoms with Gasteiger partial charge < -0.3 is 14.7 Å². The molecule has 0 spiro atoms. The fraction of sp³-hybridized carbons (Fsp3) is 0.588. The van der Waals surface area contributed by atoms with Crippen molar-refractivity contribution in [3.05, 3.63) is 35.4 Å². The molecule has 116 valence electrons. The van der Waals surface area contributed by atoms with Crippen LogP contribution in [0.5, 0.6) is 0 Å². The molecule has 1 aliphatic rings. The van der Waals surface area contributed by atoms with E-state index >= 15 is 0 Å². The lowest BCUT2D eigenvalue weighted by Gasteiger charge is -2.38. The molecule has 0 aliphatic carbocycles. The van der Waals surface area contributed by atoms with Crippen molar-refractivity contribution in [1.29, 1.82) is 0 Å². The molecule has 0 aromatic heterocycles. The third-order valence-electron chi connectivity index (χ3n) is 3.68. The predicted molar refractivity (Wildman–Crippen MR) is 82.1 cm³/mol. The minimum Gasteiger partial charge on any atom is -0.444 e. The second kappa shape index (κ2) is 6.48. The van der Waals surface area contributed by atoms with Crippen LogP contribution in [-0.2, 0) is 11.2 Å². The van der Waals surface area contributed by atoms with Crippen molar-refractivity contribution in [3.63, 3.8) is 0 Å². The summed E-state index contributed by atoms with van der Waals surface area (Å²) in [5.74, 6) is 0. The molecular weight excluding hydrogens is 266 g/mol. The maximum atomic E-state index is 12.4. The van der Waals surface area contributed by atoms with Crippen LogP contribution in [0.3, 0.4) is 0 Å². The Balaban J connectivity index is 2.22. The third-order valence-corrected chi connectivity index (χ3v) is 3.68. The van der Waals surface area contributed by atoms with Crippen LogP contribution in [0, 0.1) is 0 Å². The number of aliphatic hydroxyl groups is 1. The van der Waals surface area contributed by atoms with E-state index in [0.717, 1.165) is 12.8 Å². The van der Waals surface area contributed by atoms with Crippen LogP contribution in [-0.4, -0.2) is 34.9 Å². The number of carbonyl (C=O) groups is 1. The van der Waals surface area contributed by atoms with Gasteiger partial charge in [0.05, 0.1) is 6.04 Å². The first kappa shape index (κ1) is 15.8. The van der Waals surface area contributed by atoms with Crippen molar-refractivity contribution < 1.29 is 14.6 Å². The van der Waals surface area contributed by atoms with E-state index in [2.05, 4.69) is 12.1 Å². The van der Waals surface area contributed by atoms with Crippen LogP contribution in [0.25, 0.3) is 0 Å². The van der Waals surface area contributed by atoms with E-state index in [1.807, 2.05) is 37.8 Å². The van der Waals surface area contributed by atoms with Gasteiger partial charge >= 0.3 is 6.09 Å². The van der Waals surface area contributed by atoms with E-state index in [9.17, 15) is 4.79 Å². The average molecular weight is 291 g/mol. The van der Waals surface area contributed by atoms with E-state index in [1.165, 1.54) is 11.1 Å². The molecule has 4 heteroatoms. The Hall–Kier alpha value is -1.55. The van der Waals surface area contributed by atoms with Gasteiger partial charge in [0.1, 0.15) is 5.60 Å². The molecule has 0 unspecified atom stereocenters. The highest BCUT2D eigenvalue weighted by molar-refractivity contribution is 5.69. The Labute approximate surface area is 126 Å². The minimum atomic E-state index is -0.490. The van der Waals surface area contributed by atoms with Gasteiger partial charge in [0.2, 0.25) is 0 Å². The largest absolute Gasteiger partial charge is 0.444 e. The number of rotatable bonds is 3. The Morgan fingerprint density at radius 3 is 2.76 bits per heavy atom. The summed E-state index contributed by atoms with van der Waals surface area (Å²) < 4.78 is 5.53. The molecule has 0 fully saturated rings. The van der Waals surface area contributed by atoms with Gasteiger partial charge in [0, 0.05) is 13.2 Å². The van der Waals surface area contributed by atoms with Gasteiger partial charge in [-0.05, 0) is 51.2 Å². The molecule has 0 radical (unpaired) electrons. The lowest BCUT2D eigenvalue weighted by atomic mass is 9.90. The Morgan fingerprint density at radius 2 is 2.10 bits per heavy atom. The van der Waals surface area contributed by atoms with Crippen LogP contribution in [0.2, 0.25) is 0 Å². The number of fused-ring (bicyclic) bond motifs is 1. The van der Waals surface area contributed by atoms with Crippen LogP contribution in [0.4, 0.5) is 4.79 Å². The monoisotopic (exact) mass is 291 g/mol. The van der Waals surface area contributed by atoms with Crippen LogP contribution in [0.1, 0.15) is 50.8 Å². The highest BCUT2D eigenvalue weighted by atomic mass is 16.6. The second-order valence-electron chi connectivity index (χ2n) is 6.50. The predicted octanol–water partition coefficient (Wildman–Crippen LogP) is 3.29. The van der Waals surface area contributed by atoms with Crippen molar-refractivity contribution in [2.75, 3.05) is 13.2 Å². The SMILES string of the molecule is CC(C)(C)OC(=O)N1CCc2ccccc2[C@H]1CCCO. The number of carbonyl (C=O) groups excluding carboxylic acids is 1. The van der Waals surface area contributed by atoms with E-state index in [0.29, 0.717) is 13.0 Å². The molecule has 4 nitrogen and oxygen atoms in total. The van der Waals surface area contributed by atoms with Gasteiger partial charge in [-0.2, -0.15) is 0 Å². The molecule has 2 rings (SSSR count). The summed E-state index contributed by atoms with van der Waals surface area (Å²) in [4.78, 5) is 14.2. The van der Waals surface area contributed by atoms with Crippen molar-refractivity contribution >= 4 is 6.09 Å².